The molecule has 0 bridgehead atoms. The van der Waals surface area contributed by atoms with Crippen LogP contribution in [-0.4, -0.2) is 25.6 Å². The van der Waals surface area contributed by atoms with E-state index in [0.717, 1.165) is 0 Å². The van der Waals surface area contributed by atoms with Crippen LogP contribution in [0.1, 0.15) is 60.8 Å². The van der Waals surface area contributed by atoms with E-state index < -0.39 is 25.6 Å². The third-order valence-electron chi connectivity index (χ3n) is 4.17. The molecule has 0 aliphatic carbocycles. The lowest BCUT2D eigenvalue weighted by atomic mass is 10.1. The molecular formula is C19H30O3Si. The van der Waals surface area contributed by atoms with Crippen LogP contribution in [0.15, 0.2) is 0 Å². The molecule has 0 radical (unpaired) electrons. The van der Waals surface area contributed by atoms with Crippen LogP contribution in [0, 0.1) is 37.0 Å². The molecular weight excluding hydrogens is 304 g/mol. The molecule has 0 heterocycles. The van der Waals surface area contributed by atoms with Crippen molar-refractivity contribution in [3.63, 3.8) is 0 Å². The molecule has 3 nitrogen and oxygen atoms in total. The van der Waals surface area contributed by atoms with Crippen LogP contribution >= 0.6 is 0 Å². The van der Waals surface area contributed by atoms with E-state index in [9.17, 15) is 0 Å². The van der Waals surface area contributed by atoms with E-state index in [1.54, 1.807) is 6.55 Å². The van der Waals surface area contributed by atoms with E-state index in [0.29, 0.717) is 19.3 Å². The summed E-state index contributed by atoms with van der Waals surface area (Å²) in [6.07, 6.45) is 18.8. The van der Waals surface area contributed by atoms with Crippen LogP contribution in [-0.2, 0) is 13.3 Å². The molecule has 0 amide bonds. The summed E-state index contributed by atoms with van der Waals surface area (Å²) in [6, 6.07) is 0. The standard InChI is InChI=1S/C19H30O3Si/c1-11-17(7,12-2)20-23(10,21-18(8,13-3)14-4)22-19(9,15-5)16-6/h1,3,5H,12,14,16H2,2,4,6-10H3. The van der Waals surface area contributed by atoms with Crippen molar-refractivity contribution < 1.29 is 13.3 Å². The molecule has 0 aromatic rings. The Bertz CT molecular complexity index is 450. The maximum atomic E-state index is 6.19. The zero-order valence-corrected chi connectivity index (χ0v) is 16.6. The Hall–Kier alpha value is -1.22. The van der Waals surface area contributed by atoms with E-state index in [4.69, 9.17) is 32.5 Å². The average Bonchev–Trinajstić information content (AvgIpc) is 2.53. The largest absolute Gasteiger partial charge is 0.501 e. The van der Waals surface area contributed by atoms with E-state index in [1.165, 1.54) is 0 Å². The Morgan fingerprint density at radius 3 is 1.04 bits per heavy atom. The van der Waals surface area contributed by atoms with Gasteiger partial charge in [0.15, 0.2) is 0 Å². The molecule has 23 heavy (non-hydrogen) atoms. The Morgan fingerprint density at radius 1 is 0.696 bits per heavy atom. The summed E-state index contributed by atoms with van der Waals surface area (Å²) in [5, 5.41) is 0. The van der Waals surface area contributed by atoms with Gasteiger partial charge in [0.05, 0.1) is 0 Å². The van der Waals surface area contributed by atoms with Gasteiger partial charge in [-0.2, -0.15) is 0 Å². The summed E-state index contributed by atoms with van der Waals surface area (Å²) in [5.74, 6) is 8.03. The molecule has 0 spiro atoms. The summed E-state index contributed by atoms with van der Waals surface area (Å²) in [5.41, 5.74) is -2.39. The van der Waals surface area contributed by atoms with Gasteiger partial charge in [0.1, 0.15) is 16.8 Å². The molecule has 0 aromatic heterocycles. The fraction of sp³-hybridized carbons (Fsp3) is 0.684. The van der Waals surface area contributed by atoms with Gasteiger partial charge in [0, 0.05) is 6.55 Å². The van der Waals surface area contributed by atoms with Gasteiger partial charge < -0.3 is 13.3 Å². The van der Waals surface area contributed by atoms with Gasteiger partial charge in [-0.15, -0.1) is 19.3 Å². The Kier molecular flexibility index (Phi) is 7.62. The number of hydrogen-bond donors (Lipinski definition) is 0. The van der Waals surface area contributed by atoms with Crippen molar-refractivity contribution in [3.8, 4) is 37.0 Å². The lowest BCUT2D eigenvalue weighted by Crippen LogP contribution is -2.57. The molecule has 4 heteroatoms. The van der Waals surface area contributed by atoms with E-state index >= 15 is 0 Å². The second-order valence-electron chi connectivity index (χ2n) is 6.35. The van der Waals surface area contributed by atoms with Gasteiger partial charge in [-0.25, -0.2) is 0 Å². The first kappa shape index (κ1) is 21.8. The van der Waals surface area contributed by atoms with Crippen molar-refractivity contribution in [2.24, 2.45) is 0 Å². The molecule has 0 rings (SSSR count). The van der Waals surface area contributed by atoms with Gasteiger partial charge in [-0.1, -0.05) is 38.5 Å². The summed E-state index contributed by atoms with van der Waals surface area (Å²) >= 11 is 0. The van der Waals surface area contributed by atoms with Crippen LogP contribution in [0.3, 0.4) is 0 Å². The highest BCUT2D eigenvalue weighted by Crippen LogP contribution is 2.32. The van der Waals surface area contributed by atoms with Crippen molar-refractivity contribution in [1.29, 1.82) is 0 Å². The normalized spacial score (nSPS) is 21.4. The fourth-order valence-corrected chi connectivity index (χ4v) is 5.09. The zero-order valence-electron chi connectivity index (χ0n) is 15.6. The minimum Gasteiger partial charge on any atom is -0.357 e. The fourth-order valence-electron chi connectivity index (χ4n) is 1.90. The Morgan fingerprint density at radius 2 is 0.913 bits per heavy atom. The molecule has 0 fully saturated rings. The van der Waals surface area contributed by atoms with Gasteiger partial charge in [0.2, 0.25) is 0 Å². The summed E-state index contributed by atoms with van der Waals surface area (Å²) in [4.78, 5) is 0. The van der Waals surface area contributed by atoms with Crippen LogP contribution in [0.2, 0.25) is 6.55 Å². The van der Waals surface area contributed by atoms with Crippen molar-refractivity contribution in [2.45, 2.75) is 84.2 Å². The molecule has 3 unspecified atom stereocenters. The summed E-state index contributed by atoms with van der Waals surface area (Å²) < 4.78 is 18.6. The first-order chi connectivity index (χ1) is 10.5. The molecule has 0 aliphatic rings. The molecule has 0 aromatic carbocycles. The molecule has 0 saturated heterocycles. The first-order valence-corrected chi connectivity index (χ1v) is 10.2. The maximum absolute atomic E-state index is 6.19. The molecule has 3 atom stereocenters. The van der Waals surface area contributed by atoms with Crippen LogP contribution < -0.4 is 0 Å². The third kappa shape index (κ3) is 6.06. The third-order valence-corrected chi connectivity index (χ3v) is 6.64. The highest BCUT2D eigenvalue weighted by molar-refractivity contribution is 6.59. The zero-order chi connectivity index (χ0) is 18.4. The maximum Gasteiger partial charge on any atom is 0.501 e. The van der Waals surface area contributed by atoms with Crippen LogP contribution in [0.4, 0.5) is 0 Å². The predicted octanol–water partition coefficient (Wildman–Crippen LogP) is 4.01. The predicted molar refractivity (Wildman–Crippen MR) is 97.5 cm³/mol. The molecule has 0 N–H and O–H groups in total. The quantitative estimate of drug-likeness (QED) is 0.471. The highest BCUT2D eigenvalue weighted by atomic mass is 28.4. The van der Waals surface area contributed by atoms with E-state index in [1.807, 2.05) is 41.5 Å². The summed E-state index contributed by atoms with van der Waals surface area (Å²) in [6.45, 7) is 13.2. The van der Waals surface area contributed by atoms with Gasteiger partial charge in [-0.3, -0.25) is 0 Å². The smallest absolute Gasteiger partial charge is 0.357 e. The van der Waals surface area contributed by atoms with Gasteiger partial charge in [0.25, 0.3) is 0 Å². The first-order valence-electron chi connectivity index (χ1n) is 8.02. The Labute approximate surface area is 143 Å². The van der Waals surface area contributed by atoms with Gasteiger partial charge in [-0.05, 0) is 40.0 Å². The topological polar surface area (TPSA) is 27.7 Å². The summed E-state index contributed by atoms with van der Waals surface area (Å²) in [7, 11) is -3.21. The number of hydrogen-bond acceptors (Lipinski definition) is 3. The average molecular weight is 335 g/mol. The second-order valence-corrected chi connectivity index (χ2v) is 8.69. The highest BCUT2D eigenvalue weighted by Gasteiger charge is 2.49. The van der Waals surface area contributed by atoms with Crippen molar-refractivity contribution >= 4 is 8.80 Å². The molecule has 0 aliphatic heterocycles. The number of terminal acetylenes is 3. The minimum absolute atomic E-state index is 0.622. The number of rotatable bonds is 9. The molecule has 0 saturated carbocycles. The Balaban J connectivity index is 5.77. The van der Waals surface area contributed by atoms with Crippen molar-refractivity contribution in [1.82, 2.24) is 0 Å². The lowest BCUT2D eigenvalue weighted by molar-refractivity contribution is -0.0578. The lowest BCUT2D eigenvalue weighted by Gasteiger charge is -2.42. The van der Waals surface area contributed by atoms with Crippen LogP contribution in [0.5, 0.6) is 0 Å². The molecule has 128 valence electrons. The van der Waals surface area contributed by atoms with Crippen LogP contribution in [0.25, 0.3) is 0 Å². The van der Waals surface area contributed by atoms with Crippen molar-refractivity contribution in [2.75, 3.05) is 0 Å². The minimum atomic E-state index is -3.21. The monoisotopic (exact) mass is 334 g/mol. The SMILES string of the molecule is C#CC(C)(CC)O[Si](C)(OC(C)(C#C)CC)OC(C)(C#C)CC. The van der Waals surface area contributed by atoms with Gasteiger partial charge >= 0.3 is 8.80 Å². The second kappa shape index (κ2) is 8.05. The van der Waals surface area contributed by atoms with Crippen molar-refractivity contribution in [3.05, 3.63) is 0 Å². The van der Waals surface area contributed by atoms with E-state index in [2.05, 4.69) is 17.8 Å². The van der Waals surface area contributed by atoms with E-state index in [-0.39, 0.29) is 0 Å².